The molecule has 2 aromatic heterocycles. The van der Waals surface area contributed by atoms with Crippen LogP contribution < -0.4 is 5.56 Å². The monoisotopic (exact) mass is 218 g/mol. The van der Waals surface area contributed by atoms with E-state index in [1.54, 1.807) is 10.9 Å². The zero-order chi connectivity index (χ0) is 11.7. The van der Waals surface area contributed by atoms with Gasteiger partial charge in [-0.05, 0) is 12.0 Å². The van der Waals surface area contributed by atoms with E-state index in [1.165, 1.54) is 6.07 Å². The third-order valence-electron chi connectivity index (χ3n) is 2.42. The summed E-state index contributed by atoms with van der Waals surface area (Å²) in [5.74, 6) is 0.797. The summed E-state index contributed by atoms with van der Waals surface area (Å²) in [5.41, 5.74) is 1.47. The molecule has 0 atom stereocenters. The fourth-order valence-electron chi connectivity index (χ4n) is 1.50. The third-order valence-corrected chi connectivity index (χ3v) is 2.42. The van der Waals surface area contributed by atoms with Gasteiger partial charge in [0.25, 0.3) is 5.56 Å². The van der Waals surface area contributed by atoms with E-state index in [4.69, 9.17) is 0 Å². The van der Waals surface area contributed by atoms with E-state index >= 15 is 0 Å². The van der Waals surface area contributed by atoms with Gasteiger partial charge in [0.2, 0.25) is 0 Å². The molecule has 0 fully saturated rings. The number of aromatic amines is 1. The number of hydrogen-bond donors (Lipinski definition) is 1. The van der Waals surface area contributed by atoms with Gasteiger partial charge in [0.05, 0.1) is 5.69 Å². The van der Waals surface area contributed by atoms with Crippen LogP contribution in [0.3, 0.4) is 0 Å². The van der Waals surface area contributed by atoms with Gasteiger partial charge in [-0.25, -0.2) is 4.98 Å². The highest BCUT2D eigenvalue weighted by atomic mass is 16.1. The van der Waals surface area contributed by atoms with Crippen LogP contribution in [0.15, 0.2) is 23.1 Å². The van der Waals surface area contributed by atoms with Crippen molar-refractivity contribution in [2.45, 2.75) is 19.8 Å². The Morgan fingerprint density at radius 2 is 2.19 bits per heavy atom. The predicted octanol–water partition coefficient (Wildman–Crippen LogP) is 1.29. The highest BCUT2D eigenvalue weighted by Crippen LogP contribution is 2.15. The normalized spacial score (nSPS) is 11.0. The van der Waals surface area contributed by atoms with E-state index in [-0.39, 0.29) is 11.5 Å². The largest absolute Gasteiger partial charge is 0.305 e. The van der Waals surface area contributed by atoms with Crippen molar-refractivity contribution in [1.29, 1.82) is 0 Å². The summed E-state index contributed by atoms with van der Waals surface area (Å²) in [5, 5.41) is 4.05. The topological polar surface area (TPSA) is 63.6 Å². The Morgan fingerprint density at radius 3 is 2.75 bits per heavy atom. The zero-order valence-corrected chi connectivity index (χ0v) is 9.56. The van der Waals surface area contributed by atoms with E-state index in [1.807, 2.05) is 27.0 Å². The van der Waals surface area contributed by atoms with Crippen LogP contribution in [-0.2, 0) is 7.05 Å². The van der Waals surface area contributed by atoms with E-state index in [9.17, 15) is 4.79 Å². The number of aryl methyl sites for hydroxylation is 1. The number of hydrogen-bond acceptors (Lipinski definition) is 3. The summed E-state index contributed by atoms with van der Waals surface area (Å²) in [7, 11) is 1.82. The van der Waals surface area contributed by atoms with Crippen molar-refractivity contribution in [3.05, 3.63) is 34.4 Å². The molecular weight excluding hydrogens is 204 g/mol. The van der Waals surface area contributed by atoms with Crippen molar-refractivity contribution < 1.29 is 0 Å². The third kappa shape index (κ3) is 1.88. The minimum absolute atomic E-state index is 0.130. The molecule has 16 heavy (non-hydrogen) atoms. The van der Waals surface area contributed by atoms with Crippen molar-refractivity contribution in [3.63, 3.8) is 0 Å². The number of rotatable bonds is 2. The Labute approximate surface area is 93.2 Å². The highest BCUT2D eigenvalue weighted by Gasteiger charge is 2.09. The van der Waals surface area contributed by atoms with Crippen molar-refractivity contribution in [2.24, 2.45) is 7.05 Å². The van der Waals surface area contributed by atoms with Gasteiger partial charge in [-0.1, -0.05) is 13.8 Å². The molecule has 84 valence electrons. The molecule has 0 bridgehead atoms. The Morgan fingerprint density at radius 1 is 1.44 bits per heavy atom. The molecule has 0 radical (unpaired) electrons. The van der Waals surface area contributed by atoms with Crippen molar-refractivity contribution in [3.8, 4) is 11.5 Å². The van der Waals surface area contributed by atoms with E-state index < -0.39 is 0 Å². The van der Waals surface area contributed by atoms with Crippen LogP contribution in [0.4, 0.5) is 0 Å². The van der Waals surface area contributed by atoms with E-state index in [0.717, 1.165) is 11.4 Å². The summed E-state index contributed by atoms with van der Waals surface area (Å²) in [4.78, 5) is 18.6. The van der Waals surface area contributed by atoms with Crippen LogP contribution in [0.5, 0.6) is 0 Å². The van der Waals surface area contributed by atoms with Crippen LogP contribution in [-0.4, -0.2) is 19.7 Å². The summed E-state index contributed by atoms with van der Waals surface area (Å²) >= 11 is 0. The molecule has 0 aromatic carbocycles. The molecule has 0 aliphatic carbocycles. The minimum atomic E-state index is -0.130. The van der Waals surface area contributed by atoms with Crippen LogP contribution >= 0.6 is 0 Å². The molecule has 0 saturated heterocycles. The quantitative estimate of drug-likeness (QED) is 0.826. The highest BCUT2D eigenvalue weighted by molar-refractivity contribution is 5.48. The second-order valence-electron chi connectivity index (χ2n) is 4.01. The van der Waals surface area contributed by atoms with Crippen LogP contribution in [0.25, 0.3) is 11.5 Å². The SMILES string of the molecule is CC(C)c1cc(=O)[nH]c(-c2ccnn2C)n1. The van der Waals surface area contributed by atoms with Crippen LogP contribution in [0.1, 0.15) is 25.5 Å². The molecular formula is C11H14N4O. The minimum Gasteiger partial charge on any atom is -0.305 e. The molecule has 5 heteroatoms. The van der Waals surface area contributed by atoms with Gasteiger partial charge in [-0.3, -0.25) is 9.48 Å². The number of nitrogens with one attached hydrogen (secondary N) is 1. The fraction of sp³-hybridized carbons (Fsp3) is 0.364. The maximum atomic E-state index is 11.5. The Balaban J connectivity index is 2.58. The fourth-order valence-corrected chi connectivity index (χ4v) is 1.50. The van der Waals surface area contributed by atoms with Gasteiger partial charge < -0.3 is 4.98 Å². The molecule has 1 N–H and O–H groups in total. The molecule has 0 spiro atoms. The molecule has 2 rings (SSSR count). The lowest BCUT2D eigenvalue weighted by Gasteiger charge is -2.06. The number of aromatic nitrogens is 4. The number of nitrogens with zero attached hydrogens (tertiary/aromatic N) is 3. The molecule has 0 unspecified atom stereocenters. The standard InChI is InChI=1S/C11H14N4O/c1-7(2)8-6-10(16)14-11(13-8)9-4-5-12-15(9)3/h4-7H,1-3H3,(H,13,14,16). The molecule has 0 aliphatic heterocycles. The summed E-state index contributed by atoms with van der Waals surface area (Å²) in [6.07, 6.45) is 1.68. The Bertz CT molecular complexity index is 553. The lowest BCUT2D eigenvalue weighted by molar-refractivity contribution is 0.761. The van der Waals surface area contributed by atoms with Crippen molar-refractivity contribution in [1.82, 2.24) is 19.7 Å². The molecule has 2 heterocycles. The molecule has 2 aromatic rings. The lowest BCUT2D eigenvalue weighted by atomic mass is 10.1. The number of H-pyrrole nitrogens is 1. The van der Waals surface area contributed by atoms with Gasteiger partial charge in [0.15, 0.2) is 5.82 Å². The first kappa shape index (κ1) is 10.6. The average Bonchev–Trinajstić information content (AvgIpc) is 2.63. The smallest absolute Gasteiger partial charge is 0.251 e. The van der Waals surface area contributed by atoms with Gasteiger partial charge in [-0.2, -0.15) is 5.10 Å². The molecule has 0 amide bonds. The maximum absolute atomic E-state index is 11.5. The second kappa shape index (κ2) is 3.92. The lowest BCUT2D eigenvalue weighted by Crippen LogP contribution is -2.12. The first-order chi connectivity index (χ1) is 7.58. The first-order valence-electron chi connectivity index (χ1n) is 5.17. The predicted molar refractivity (Wildman–Crippen MR) is 61.1 cm³/mol. The van der Waals surface area contributed by atoms with Crippen molar-refractivity contribution in [2.75, 3.05) is 0 Å². The summed E-state index contributed by atoms with van der Waals surface area (Å²) in [6, 6.07) is 3.35. The Kier molecular flexibility index (Phi) is 2.60. The zero-order valence-electron chi connectivity index (χ0n) is 9.56. The second-order valence-corrected chi connectivity index (χ2v) is 4.01. The first-order valence-corrected chi connectivity index (χ1v) is 5.17. The van der Waals surface area contributed by atoms with Crippen molar-refractivity contribution >= 4 is 0 Å². The van der Waals surface area contributed by atoms with E-state index in [0.29, 0.717) is 5.82 Å². The summed E-state index contributed by atoms with van der Waals surface area (Å²) in [6.45, 7) is 4.02. The molecule has 0 aliphatic rings. The maximum Gasteiger partial charge on any atom is 0.251 e. The van der Waals surface area contributed by atoms with Gasteiger partial charge >= 0.3 is 0 Å². The van der Waals surface area contributed by atoms with Crippen LogP contribution in [0, 0.1) is 0 Å². The van der Waals surface area contributed by atoms with Gasteiger partial charge in [-0.15, -0.1) is 0 Å². The van der Waals surface area contributed by atoms with Crippen LogP contribution in [0.2, 0.25) is 0 Å². The van der Waals surface area contributed by atoms with Gasteiger partial charge in [0, 0.05) is 19.3 Å². The van der Waals surface area contributed by atoms with Gasteiger partial charge in [0.1, 0.15) is 5.69 Å². The molecule has 0 saturated carbocycles. The summed E-state index contributed by atoms with van der Waals surface area (Å²) < 4.78 is 1.68. The molecule has 5 nitrogen and oxygen atoms in total. The van der Waals surface area contributed by atoms with E-state index in [2.05, 4.69) is 15.1 Å². The average molecular weight is 218 g/mol. The Hall–Kier alpha value is -1.91.